The second-order valence-corrected chi connectivity index (χ2v) is 8.30. The van der Waals surface area contributed by atoms with E-state index in [2.05, 4.69) is 9.97 Å². The topological polar surface area (TPSA) is 75.9 Å². The number of aryl methyl sites for hydroxylation is 1. The number of carbonyl (C=O) groups excluding carboxylic acids is 1. The van der Waals surface area contributed by atoms with Gasteiger partial charge < -0.3 is 19.0 Å². The van der Waals surface area contributed by atoms with Gasteiger partial charge in [-0.15, -0.1) is 0 Å². The molecule has 0 saturated heterocycles. The minimum Gasteiger partial charge on any atom is -0.361 e. The fourth-order valence-corrected chi connectivity index (χ4v) is 4.29. The summed E-state index contributed by atoms with van der Waals surface area (Å²) in [5, 5.41) is 0.415. The number of nitrogens with one attached hydrogen (secondary N) is 1. The van der Waals surface area contributed by atoms with Gasteiger partial charge in [-0.25, -0.2) is 4.98 Å². The van der Waals surface area contributed by atoms with Gasteiger partial charge in [0.05, 0.1) is 17.6 Å². The zero-order valence-electron chi connectivity index (χ0n) is 17.8. The summed E-state index contributed by atoms with van der Waals surface area (Å²) < 4.78 is 42.6. The van der Waals surface area contributed by atoms with Crippen LogP contribution in [0.4, 0.5) is 13.2 Å². The van der Waals surface area contributed by atoms with Crippen molar-refractivity contribution in [2.24, 2.45) is 0 Å². The molecule has 0 spiro atoms. The number of hydrogen-bond donors (Lipinski definition) is 1. The maximum absolute atomic E-state index is 13.3. The predicted octanol–water partition coefficient (Wildman–Crippen LogP) is 3.89. The minimum absolute atomic E-state index is 0.123. The van der Waals surface area contributed by atoms with E-state index in [1.54, 1.807) is 40.3 Å². The summed E-state index contributed by atoms with van der Waals surface area (Å²) in [5.74, 6) is -0.347. The summed E-state index contributed by atoms with van der Waals surface area (Å²) in [7, 11) is 0. The zero-order chi connectivity index (χ0) is 23.5. The molecule has 1 aromatic carbocycles. The van der Waals surface area contributed by atoms with Crippen molar-refractivity contribution in [1.29, 1.82) is 0 Å². The van der Waals surface area contributed by atoms with Gasteiger partial charge in [0.2, 0.25) is 0 Å². The number of hydrogen-bond acceptors (Lipinski definition) is 3. The van der Waals surface area contributed by atoms with Crippen LogP contribution in [0.5, 0.6) is 0 Å². The molecule has 170 valence electrons. The molecule has 0 fully saturated rings. The number of carbonyl (C=O) groups is 1. The van der Waals surface area contributed by atoms with Crippen LogP contribution in [0.15, 0.2) is 53.8 Å². The van der Waals surface area contributed by atoms with Gasteiger partial charge in [-0.05, 0) is 49.7 Å². The summed E-state index contributed by atoms with van der Waals surface area (Å²) in [6.07, 6.45) is 0.446. The predicted molar refractivity (Wildman–Crippen MR) is 115 cm³/mol. The monoisotopic (exact) mass is 455 g/mol. The Hall–Kier alpha value is -3.82. The van der Waals surface area contributed by atoms with E-state index in [9.17, 15) is 22.8 Å². The van der Waals surface area contributed by atoms with Crippen molar-refractivity contribution in [2.75, 3.05) is 0 Å². The standard InChI is InChI=1S/C23H20F3N5O2/c1-13-9-29(12-28-13)19-5-6-20-22(33)30(14(2)10-31(20)21(19)32)11-15-8-27-18-4-3-16(7-17(15)18)23(24,25)26/h3-9,12,14,27H,10-11H2,1-2H3/t14-/m1/s1. The third-order valence-corrected chi connectivity index (χ3v) is 6.04. The lowest BCUT2D eigenvalue weighted by atomic mass is 10.1. The first-order chi connectivity index (χ1) is 15.6. The summed E-state index contributed by atoms with van der Waals surface area (Å²) in [6, 6.07) is 6.36. The van der Waals surface area contributed by atoms with Crippen molar-refractivity contribution in [2.45, 2.75) is 39.2 Å². The van der Waals surface area contributed by atoms with Crippen LogP contribution in [0.1, 0.15) is 34.2 Å². The van der Waals surface area contributed by atoms with E-state index < -0.39 is 11.7 Å². The first kappa shape index (κ1) is 21.0. The van der Waals surface area contributed by atoms with Crippen LogP contribution in [0.25, 0.3) is 16.6 Å². The molecule has 3 aromatic heterocycles. The van der Waals surface area contributed by atoms with Crippen molar-refractivity contribution in [3.63, 3.8) is 0 Å². The number of benzene rings is 1. The number of alkyl halides is 3. The molecule has 1 atom stereocenters. The SMILES string of the molecule is Cc1cn(-c2ccc3n(c2=O)C[C@@H](C)N(Cc2c[nH]c4ccc(C(F)(F)F)cc24)C3=O)cn1. The van der Waals surface area contributed by atoms with Crippen LogP contribution in [0.3, 0.4) is 0 Å². The van der Waals surface area contributed by atoms with Gasteiger partial charge in [-0.3, -0.25) is 9.59 Å². The van der Waals surface area contributed by atoms with Gasteiger partial charge in [0.1, 0.15) is 11.4 Å². The molecule has 33 heavy (non-hydrogen) atoms. The van der Waals surface area contributed by atoms with E-state index >= 15 is 0 Å². The number of rotatable bonds is 3. The highest BCUT2D eigenvalue weighted by molar-refractivity contribution is 5.94. The summed E-state index contributed by atoms with van der Waals surface area (Å²) in [6.45, 7) is 4.03. The Bertz CT molecular complexity index is 1450. The average molecular weight is 455 g/mol. The molecule has 0 bridgehead atoms. The molecule has 1 amide bonds. The lowest BCUT2D eigenvalue weighted by Crippen LogP contribution is -2.49. The number of aromatic nitrogens is 4. The molecule has 0 unspecified atom stereocenters. The molecule has 7 nitrogen and oxygen atoms in total. The number of pyridine rings is 1. The van der Waals surface area contributed by atoms with Crippen LogP contribution in [0.2, 0.25) is 0 Å². The minimum atomic E-state index is -4.46. The van der Waals surface area contributed by atoms with Crippen LogP contribution in [-0.4, -0.2) is 36.0 Å². The second kappa shape index (κ2) is 7.36. The van der Waals surface area contributed by atoms with Crippen molar-refractivity contribution in [3.05, 3.63) is 81.9 Å². The smallest absolute Gasteiger partial charge is 0.361 e. The lowest BCUT2D eigenvalue weighted by Gasteiger charge is -2.35. The molecule has 1 aliphatic rings. The van der Waals surface area contributed by atoms with E-state index in [1.807, 2.05) is 13.8 Å². The Balaban J connectivity index is 1.50. The van der Waals surface area contributed by atoms with Crippen molar-refractivity contribution in [3.8, 4) is 5.69 Å². The molecule has 4 heterocycles. The van der Waals surface area contributed by atoms with Crippen molar-refractivity contribution < 1.29 is 18.0 Å². The molecule has 1 N–H and O–H groups in total. The quantitative estimate of drug-likeness (QED) is 0.509. The third kappa shape index (κ3) is 3.51. The van der Waals surface area contributed by atoms with Gasteiger partial charge in [0.15, 0.2) is 0 Å². The Morgan fingerprint density at radius 3 is 2.67 bits per heavy atom. The first-order valence-electron chi connectivity index (χ1n) is 10.4. The van der Waals surface area contributed by atoms with Crippen LogP contribution < -0.4 is 5.56 Å². The first-order valence-corrected chi connectivity index (χ1v) is 10.4. The van der Waals surface area contributed by atoms with Crippen molar-refractivity contribution in [1.82, 2.24) is 24.0 Å². The Morgan fingerprint density at radius 2 is 1.97 bits per heavy atom. The fourth-order valence-electron chi connectivity index (χ4n) is 4.29. The highest BCUT2D eigenvalue weighted by Gasteiger charge is 2.33. The Kier molecular flexibility index (Phi) is 4.70. The molecular weight excluding hydrogens is 435 g/mol. The van der Waals surface area contributed by atoms with Gasteiger partial charge in [0, 0.05) is 42.4 Å². The fraction of sp³-hybridized carbons (Fsp3) is 0.261. The summed E-state index contributed by atoms with van der Waals surface area (Å²) >= 11 is 0. The molecule has 5 rings (SSSR count). The van der Waals surface area contributed by atoms with E-state index in [0.29, 0.717) is 22.2 Å². The zero-order valence-corrected chi connectivity index (χ0v) is 17.8. The molecule has 1 aliphatic heterocycles. The number of nitrogens with zero attached hydrogens (tertiary/aromatic N) is 4. The maximum atomic E-state index is 13.3. The van der Waals surface area contributed by atoms with E-state index in [0.717, 1.165) is 17.8 Å². The van der Waals surface area contributed by atoms with Gasteiger partial charge in [0.25, 0.3) is 11.5 Å². The summed E-state index contributed by atoms with van der Waals surface area (Å²) in [4.78, 5) is 35.1. The van der Waals surface area contributed by atoms with Crippen LogP contribution in [-0.2, 0) is 19.3 Å². The normalized spacial score (nSPS) is 16.5. The van der Waals surface area contributed by atoms with E-state index in [4.69, 9.17) is 0 Å². The average Bonchev–Trinajstić information content (AvgIpc) is 3.37. The van der Waals surface area contributed by atoms with Crippen molar-refractivity contribution >= 4 is 16.8 Å². The molecule has 0 saturated carbocycles. The molecule has 4 aromatic rings. The number of amides is 1. The van der Waals surface area contributed by atoms with Gasteiger partial charge in [-0.1, -0.05) is 0 Å². The molecule has 10 heteroatoms. The number of aromatic amines is 1. The maximum Gasteiger partial charge on any atom is 0.416 e. The Morgan fingerprint density at radius 1 is 1.18 bits per heavy atom. The largest absolute Gasteiger partial charge is 0.416 e. The van der Waals surface area contributed by atoms with Gasteiger partial charge in [-0.2, -0.15) is 13.2 Å². The molecular formula is C23H20F3N5O2. The molecule has 0 radical (unpaired) electrons. The van der Waals surface area contributed by atoms with E-state index in [1.165, 1.54) is 10.6 Å². The van der Waals surface area contributed by atoms with Gasteiger partial charge >= 0.3 is 6.18 Å². The van der Waals surface area contributed by atoms with Crippen LogP contribution in [0, 0.1) is 6.92 Å². The third-order valence-electron chi connectivity index (χ3n) is 6.04. The number of halogens is 3. The molecule has 0 aliphatic carbocycles. The lowest BCUT2D eigenvalue weighted by molar-refractivity contribution is -0.137. The second-order valence-electron chi connectivity index (χ2n) is 8.30. The number of imidazole rings is 1. The Labute approximate surface area is 186 Å². The number of H-pyrrole nitrogens is 1. The highest BCUT2D eigenvalue weighted by Crippen LogP contribution is 2.33. The van der Waals surface area contributed by atoms with E-state index in [-0.39, 0.29) is 36.3 Å². The van der Waals surface area contributed by atoms with Crippen LogP contribution >= 0.6 is 0 Å². The number of fused-ring (bicyclic) bond motifs is 2. The highest BCUT2D eigenvalue weighted by atomic mass is 19.4. The summed E-state index contributed by atoms with van der Waals surface area (Å²) in [5.41, 5.74) is 1.50.